The largest absolute Gasteiger partial charge is 0.347 e. The van der Waals surface area contributed by atoms with Gasteiger partial charge in [0.2, 0.25) is 11.8 Å². The number of hydrogen-bond donors (Lipinski definition) is 2. The maximum Gasteiger partial charge on any atom is 0.241 e. The van der Waals surface area contributed by atoms with Crippen LogP contribution < -0.4 is 10.6 Å². The highest BCUT2D eigenvalue weighted by Crippen LogP contribution is 2.26. The molecule has 0 unspecified atom stereocenters. The molecule has 0 aliphatic carbocycles. The summed E-state index contributed by atoms with van der Waals surface area (Å²) in [5.74, 6) is 1.22. The first-order chi connectivity index (χ1) is 8.85. The van der Waals surface area contributed by atoms with Crippen molar-refractivity contribution >= 4 is 24.2 Å². The predicted octanol–water partition coefficient (Wildman–Crippen LogP) is 0.638. The van der Waals surface area contributed by atoms with Gasteiger partial charge in [0.05, 0.1) is 6.54 Å². The Morgan fingerprint density at radius 1 is 1.20 bits per heavy atom. The molecule has 0 spiro atoms. The van der Waals surface area contributed by atoms with E-state index in [1.807, 2.05) is 25.7 Å². The summed E-state index contributed by atoms with van der Waals surface area (Å²) < 4.78 is 0. The maximum atomic E-state index is 12.0. The van der Waals surface area contributed by atoms with Gasteiger partial charge in [-0.3, -0.25) is 9.59 Å². The molecular formula is C14H26ClN3O2. The molecule has 2 N–H and O–H groups in total. The van der Waals surface area contributed by atoms with Gasteiger partial charge < -0.3 is 15.5 Å². The standard InChI is InChI=1S/C14H25N3O2.ClH/c1-14(2,3)4-12(18)16-7-13(19)17-8-10-5-15-6-11(10)9-17;/h10-11,15H,4-9H2,1-3H3,(H,16,18);1H/t10-,11+;. The van der Waals surface area contributed by atoms with Gasteiger partial charge >= 0.3 is 0 Å². The van der Waals surface area contributed by atoms with Crippen molar-refractivity contribution in [3.8, 4) is 0 Å². The van der Waals surface area contributed by atoms with Gasteiger partial charge in [-0.1, -0.05) is 20.8 Å². The van der Waals surface area contributed by atoms with Crippen molar-refractivity contribution < 1.29 is 9.59 Å². The van der Waals surface area contributed by atoms with Crippen LogP contribution in [0.4, 0.5) is 0 Å². The molecular weight excluding hydrogens is 278 g/mol. The minimum absolute atomic E-state index is 0. The van der Waals surface area contributed by atoms with Gasteiger partial charge in [0.25, 0.3) is 0 Å². The molecule has 2 rings (SSSR count). The first-order valence-electron chi connectivity index (χ1n) is 7.10. The molecule has 0 aromatic carbocycles. The summed E-state index contributed by atoms with van der Waals surface area (Å²) in [5.41, 5.74) is -0.0382. The maximum absolute atomic E-state index is 12.0. The summed E-state index contributed by atoms with van der Waals surface area (Å²) >= 11 is 0. The number of nitrogens with zero attached hydrogens (tertiary/aromatic N) is 1. The highest BCUT2D eigenvalue weighted by Gasteiger charge is 2.37. The zero-order valence-electron chi connectivity index (χ0n) is 12.6. The molecule has 0 aromatic heterocycles. The molecule has 2 amide bonds. The third-order valence-corrected chi connectivity index (χ3v) is 3.87. The lowest BCUT2D eigenvalue weighted by atomic mass is 9.92. The van der Waals surface area contributed by atoms with Gasteiger partial charge in [0.15, 0.2) is 0 Å². The van der Waals surface area contributed by atoms with Crippen molar-refractivity contribution in [2.24, 2.45) is 17.3 Å². The second-order valence-corrected chi connectivity index (χ2v) is 6.99. The Morgan fingerprint density at radius 2 is 1.75 bits per heavy atom. The van der Waals surface area contributed by atoms with E-state index in [1.165, 1.54) is 0 Å². The molecule has 2 heterocycles. The average molecular weight is 304 g/mol. The van der Waals surface area contributed by atoms with Crippen LogP contribution in [0.25, 0.3) is 0 Å². The first kappa shape index (κ1) is 17.2. The molecule has 116 valence electrons. The SMILES string of the molecule is CC(C)(C)CC(=O)NCC(=O)N1C[C@H]2CNC[C@H]2C1.Cl. The Hall–Kier alpha value is -0.810. The number of amides is 2. The second kappa shape index (κ2) is 6.76. The van der Waals surface area contributed by atoms with E-state index < -0.39 is 0 Å². The smallest absolute Gasteiger partial charge is 0.241 e. The Balaban J connectivity index is 0.00000200. The van der Waals surface area contributed by atoms with E-state index in [2.05, 4.69) is 10.6 Å². The van der Waals surface area contributed by atoms with Gasteiger partial charge in [-0.05, 0) is 17.3 Å². The number of fused-ring (bicyclic) bond motifs is 1. The minimum atomic E-state index is -0.0399. The van der Waals surface area contributed by atoms with E-state index in [1.54, 1.807) is 0 Å². The third-order valence-electron chi connectivity index (χ3n) is 3.87. The zero-order chi connectivity index (χ0) is 14.0. The molecule has 2 fully saturated rings. The lowest BCUT2D eigenvalue weighted by Crippen LogP contribution is -2.40. The van der Waals surface area contributed by atoms with Crippen LogP contribution in [0.2, 0.25) is 0 Å². The van der Waals surface area contributed by atoms with Crippen molar-refractivity contribution in [2.45, 2.75) is 27.2 Å². The number of nitrogens with one attached hydrogen (secondary N) is 2. The summed E-state index contributed by atoms with van der Waals surface area (Å²) in [4.78, 5) is 25.6. The molecule has 0 saturated carbocycles. The Bertz CT molecular complexity index is 356. The van der Waals surface area contributed by atoms with Crippen LogP contribution in [-0.2, 0) is 9.59 Å². The van der Waals surface area contributed by atoms with E-state index in [9.17, 15) is 9.59 Å². The highest BCUT2D eigenvalue weighted by atomic mass is 35.5. The number of likely N-dealkylation sites (tertiary alicyclic amines) is 1. The van der Waals surface area contributed by atoms with Crippen LogP contribution in [0.1, 0.15) is 27.2 Å². The summed E-state index contributed by atoms with van der Waals surface area (Å²) in [7, 11) is 0. The van der Waals surface area contributed by atoms with Crippen LogP contribution in [0.15, 0.2) is 0 Å². The van der Waals surface area contributed by atoms with Gasteiger partial charge in [-0.25, -0.2) is 0 Å². The molecule has 0 aromatic rings. The molecule has 5 nitrogen and oxygen atoms in total. The number of rotatable bonds is 3. The molecule has 2 atom stereocenters. The molecule has 20 heavy (non-hydrogen) atoms. The highest BCUT2D eigenvalue weighted by molar-refractivity contribution is 5.85. The monoisotopic (exact) mass is 303 g/mol. The van der Waals surface area contributed by atoms with E-state index >= 15 is 0 Å². The molecule has 6 heteroatoms. The topological polar surface area (TPSA) is 61.4 Å². The summed E-state index contributed by atoms with van der Waals surface area (Å²) in [6, 6.07) is 0. The number of carbonyl (C=O) groups is 2. The Morgan fingerprint density at radius 3 is 2.25 bits per heavy atom. The summed E-state index contributed by atoms with van der Waals surface area (Å²) in [6.07, 6.45) is 0.454. The van der Waals surface area contributed by atoms with Crippen LogP contribution in [0.5, 0.6) is 0 Å². The van der Waals surface area contributed by atoms with Crippen LogP contribution >= 0.6 is 12.4 Å². The molecule has 0 bridgehead atoms. The van der Waals surface area contributed by atoms with E-state index in [4.69, 9.17) is 0 Å². The van der Waals surface area contributed by atoms with Crippen molar-refractivity contribution in [1.82, 2.24) is 15.5 Å². The normalized spacial score (nSPS) is 25.1. The summed E-state index contributed by atoms with van der Waals surface area (Å²) in [5, 5.41) is 6.09. The molecule has 2 saturated heterocycles. The third kappa shape index (κ3) is 4.63. The molecule has 0 radical (unpaired) electrons. The van der Waals surface area contributed by atoms with Crippen molar-refractivity contribution in [2.75, 3.05) is 32.7 Å². The average Bonchev–Trinajstić information content (AvgIpc) is 2.83. The zero-order valence-corrected chi connectivity index (χ0v) is 13.4. The van der Waals surface area contributed by atoms with Gasteiger partial charge in [0, 0.05) is 32.6 Å². The molecule has 2 aliphatic rings. The number of carbonyl (C=O) groups excluding carboxylic acids is 2. The lowest BCUT2D eigenvalue weighted by molar-refractivity contribution is -0.132. The predicted molar refractivity (Wildman–Crippen MR) is 80.8 cm³/mol. The fourth-order valence-electron chi connectivity index (χ4n) is 2.89. The van der Waals surface area contributed by atoms with Crippen LogP contribution in [0.3, 0.4) is 0 Å². The molecule has 2 aliphatic heterocycles. The Labute approximate surface area is 127 Å². The van der Waals surface area contributed by atoms with Crippen LogP contribution in [0, 0.1) is 17.3 Å². The van der Waals surface area contributed by atoms with Gasteiger partial charge in [0.1, 0.15) is 0 Å². The van der Waals surface area contributed by atoms with Crippen molar-refractivity contribution in [3.63, 3.8) is 0 Å². The number of hydrogen-bond acceptors (Lipinski definition) is 3. The van der Waals surface area contributed by atoms with E-state index in [0.29, 0.717) is 18.3 Å². The van der Waals surface area contributed by atoms with E-state index in [-0.39, 0.29) is 36.2 Å². The fraction of sp³-hybridized carbons (Fsp3) is 0.857. The summed E-state index contributed by atoms with van der Waals surface area (Å²) in [6.45, 7) is 9.91. The lowest BCUT2D eigenvalue weighted by Gasteiger charge is -2.20. The fourth-order valence-corrected chi connectivity index (χ4v) is 2.89. The second-order valence-electron chi connectivity index (χ2n) is 6.99. The van der Waals surface area contributed by atoms with E-state index in [0.717, 1.165) is 26.2 Å². The van der Waals surface area contributed by atoms with Crippen LogP contribution in [-0.4, -0.2) is 49.4 Å². The minimum Gasteiger partial charge on any atom is -0.347 e. The Kier molecular flexibility index (Phi) is 5.83. The van der Waals surface area contributed by atoms with Gasteiger partial charge in [-0.15, -0.1) is 12.4 Å². The first-order valence-corrected chi connectivity index (χ1v) is 7.10. The van der Waals surface area contributed by atoms with Gasteiger partial charge in [-0.2, -0.15) is 0 Å². The quantitative estimate of drug-likeness (QED) is 0.804. The number of halogens is 1. The van der Waals surface area contributed by atoms with Crippen molar-refractivity contribution in [1.29, 1.82) is 0 Å². The van der Waals surface area contributed by atoms with Crippen molar-refractivity contribution in [3.05, 3.63) is 0 Å².